The Morgan fingerprint density at radius 2 is 1.33 bits per heavy atom. The summed E-state index contributed by atoms with van der Waals surface area (Å²) in [6.45, 7) is 0. The summed E-state index contributed by atoms with van der Waals surface area (Å²) in [5.74, 6) is 0. The van der Waals surface area contributed by atoms with Gasteiger partial charge in [-0.05, 0) is 23.6 Å². The molecule has 0 heterocycles. The zero-order valence-corrected chi connectivity index (χ0v) is 20.4. The molecule has 2 atom stereocenters. The van der Waals surface area contributed by atoms with Gasteiger partial charge in [0.05, 0.1) is 12.2 Å². The van der Waals surface area contributed by atoms with Crippen molar-refractivity contribution in [3.63, 3.8) is 0 Å². The summed E-state index contributed by atoms with van der Waals surface area (Å²) in [5, 5.41) is 8.94. The van der Waals surface area contributed by atoms with Gasteiger partial charge in [-0.3, -0.25) is 10.1 Å². The molecule has 1 aliphatic carbocycles. The van der Waals surface area contributed by atoms with Crippen molar-refractivity contribution < 1.29 is 0 Å². The summed E-state index contributed by atoms with van der Waals surface area (Å²) in [4.78, 5) is 5.14. The van der Waals surface area contributed by atoms with Crippen molar-refractivity contribution in [3.8, 4) is 0 Å². The van der Waals surface area contributed by atoms with E-state index in [1.54, 1.807) is 0 Å². The molecule has 33 heavy (non-hydrogen) atoms. The molecule has 4 heteroatoms. The third-order valence-corrected chi connectivity index (χ3v) is 10.9. The lowest BCUT2D eigenvalue weighted by atomic mass is 9.91. The van der Waals surface area contributed by atoms with Crippen LogP contribution in [0.4, 0.5) is 0 Å². The molecular formula is C29H29N2PS. The number of hydrogen-bond donors (Lipinski definition) is 1. The minimum absolute atomic E-state index is 0.229. The Balaban J connectivity index is 1.46. The highest BCUT2D eigenvalue weighted by Gasteiger charge is 2.31. The highest BCUT2D eigenvalue weighted by molar-refractivity contribution is 8.20. The van der Waals surface area contributed by atoms with Crippen molar-refractivity contribution in [1.29, 1.82) is 0 Å². The normalized spacial score (nSPS) is 19.2. The Bertz CT molecular complexity index is 1240. The Labute approximate surface area is 201 Å². The van der Waals surface area contributed by atoms with Gasteiger partial charge in [0, 0.05) is 28.4 Å². The second-order valence-electron chi connectivity index (χ2n) is 8.71. The Kier molecular flexibility index (Phi) is 6.83. The summed E-state index contributed by atoms with van der Waals surface area (Å²) in [5.41, 5.74) is 1.18. The van der Waals surface area contributed by atoms with Crippen LogP contribution in [-0.4, -0.2) is 18.3 Å². The SMILES string of the molecule is S=P(N[C@@H]1CCCC[C@H]1N=Cc1cccc2ccccc12)(c1ccccc1)c1ccccc1. The Morgan fingerprint density at radius 3 is 2.06 bits per heavy atom. The number of benzene rings is 4. The van der Waals surface area contributed by atoms with Gasteiger partial charge in [-0.25, -0.2) is 0 Å². The molecule has 4 aromatic carbocycles. The van der Waals surface area contributed by atoms with E-state index in [9.17, 15) is 0 Å². The quantitative estimate of drug-likeness (QED) is 0.269. The molecule has 4 aromatic rings. The maximum atomic E-state index is 6.46. The highest BCUT2D eigenvalue weighted by atomic mass is 32.4. The molecule has 1 fully saturated rings. The van der Waals surface area contributed by atoms with Crippen molar-refractivity contribution >= 4 is 45.6 Å². The van der Waals surface area contributed by atoms with E-state index in [0.717, 1.165) is 12.8 Å². The number of hydrogen-bond acceptors (Lipinski definition) is 2. The minimum Gasteiger partial charge on any atom is -0.288 e. The first-order valence-electron chi connectivity index (χ1n) is 11.7. The van der Waals surface area contributed by atoms with Crippen molar-refractivity contribution in [2.24, 2.45) is 4.99 Å². The highest BCUT2D eigenvalue weighted by Crippen LogP contribution is 2.42. The monoisotopic (exact) mass is 468 g/mol. The summed E-state index contributed by atoms with van der Waals surface area (Å²) in [7, 11) is 0. The molecule has 0 aromatic heterocycles. The lowest BCUT2D eigenvalue weighted by Gasteiger charge is -2.35. The van der Waals surface area contributed by atoms with Crippen molar-refractivity contribution in [3.05, 3.63) is 109 Å². The van der Waals surface area contributed by atoms with E-state index >= 15 is 0 Å². The van der Waals surface area contributed by atoms with Crippen LogP contribution in [0.2, 0.25) is 0 Å². The molecular weight excluding hydrogens is 439 g/mol. The van der Waals surface area contributed by atoms with E-state index in [1.807, 2.05) is 0 Å². The van der Waals surface area contributed by atoms with E-state index < -0.39 is 6.19 Å². The fraction of sp³-hybridized carbons (Fsp3) is 0.207. The van der Waals surface area contributed by atoms with Gasteiger partial charge in [-0.2, -0.15) is 0 Å². The molecule has 0 aliphatic heterocycles. The molecule has 0 spiro atoms. The van der Waals surface area contributed by atoms with Gasteiger partial charge >= 0.3 is 0 Å². The molecule has 0 bridgehead atoms. The molecule has 2 nitrogen and oxygen atoms in total. The average molecular weight is 469 g/mol. The van der Waals surface area contributed by atoms with E-state index in [-0.39, 0.29) is 12.1 Å². The summed E-state index contributed by atoms with van der Waals surface area (Å²) < 4.78 is 0. The first kappa shape index (κ1) is 22.2. The fourth-order valence-electron chi connectivity index (χ4n) is 4.79. The van der Waals surface area contributed by atoms with Gasteiger partial charge in [0.2, 0.25) is 0 Å². The Hall–Kier alpha value is -2.58. The lowest BCUT2D eigenvalue weighted by Crippen LogP contribution is -2.43. The second kappa shape index (κ2) is 10.1. The Morgan fingerprint density at radius 1 is 0.727 bits per heavy atom. The van der Waals surface area contributed by atoms with Crippen LogP contribution in [0.1, 0.15) is 31.2 Å². The molecule has 0 radical (unpaired) electrons. The summed E-state index contributed by atoms with van der Waals surface area (Å²) >= 11 is 6.46. The van der Waals surface area contributed by atoms with Gasteiger partial charge in [0.1, 0.15) is 0 Å². The maximum Gasteiger partial charge on any atom is 0.0687 e. The van der Waals surface area contributed by atoms with E-state index in [1.165, 1.54) is 39.8 Å². The molecule has 0 saturated heterocycles. The van der Waals surface area contributed by atoms with E-state index in [2.05, 4.69) is 114 Å². The maximum absolute atomic E-state index is 6.46. The van der Waals surface area contributed by atoms with Gasteiger partial charge < -0.3 is 0 Å². The van der Waals surface area contributed by atoms with Crippen LogP contribution in [0.25, 0.3) is 10.8 Å². The predicted molar refractivity (Wildman–Crippen MR) is 147 cm³/mol. The van der Waals surface area contributed by atoms with Gasteiger partial charge in [-0.15, -0.1) is 0 Å². The molecule has 0 amide bonds. The fourth-order valence-corrected chi connectivity index (χ4v) is 8.47. The van der Waals surface area contributed by atoms with Crippen molar-refractivity contribution in [1.82, 2.24) is 5.09 Å². The molecule has 166 valence electrons. The van der Waals surface area contributed by atoms with Crippen LogP contribution in [0.15, 0.2) is 108 Å². The summed E-state index contributed by atoms with van der Waals surface area (Å²) in [6, 6.07) is 36.7. The third-order valence-electron chi connectivity index (χ3n) is 6.55. The van der Waals surface area contributed by atoms with Gasteiger partial charge in [-0.1, -0.05) is 128 Å². The molecule has 1 aliphatic rings. The largest absolute Gasteiger partial charge is 0.288 e. The zero-order valence-electron chi connectivity index (χ0n) is 18.7. The van der Waals surface area contributed by atoms with Crippen LogP contribution >= 0.6 is 6.19 Å². The second-order valence-corrected chi connectivity index (χ2v) is 12.9. The van der Waals surface area contributed by atoms with Gasteiger partial charge in [0.15, 0.2) is 0 Å². The zero-order chi connectivity index (χ0) is 22.5. The third kappa shape index (κ3) is 4.87. The summed E-state index contributed by atoms with van der Waals surface area (Å²) in [6.07, 6.45) is 4.57. The van der Waals surface area contributed by atoms with Crippen LogP contribution in [0.5, 0.6) is 0 Å². The standard InChI is InChI=1S/C29H29N2PS/c33-32(25-15-3-1-4-16-25,26-17-5-2-6-18-26)31-29-21-10-9-20-28(29)30-22-24-14-11-13-23-12-7-8-19-27(23)24/h1-8,11-19,22,28-29H,9-10,20-21H2,(H,31,33)/t28-,29-/m1/s1. The minimum atomic E-state index is -2.16. The smallest absolute Gasteiger partial charge is 0.0687 e. The number of rotatable bonds is 6. The van der Waals surface area contributed by atoms with Crippen LogP contribution < -0.4 is 15.7 Å². The topological polar surface area (TPSA) is 24.4 Å². The molecule has 1 saturated carbocycles. The average Bonchev–Trinajstić information content (AvgIpc) is 2.89. The van der Waals surface area contributed by atoms with Crippen LogP contribution in [0, 0.1) is 0 Å². The number of nitrogens with zero attached hydrogens (tertiary/aromatic N) is 1. The van der Waals surface area contributed by atoms with Crippen molar-refractivity contribution in [2.75, 3.05) is 0 Å². The van der Waals surface area contributed by atoms with Gasteiger partial charge in [0.25, 0.3) is 0 Å². The molecule has 0 unspecified atom stereocenters. The number of nitrogens with one attached hydrogen (secondary N) is 1. The number of fused-ring (bicyclic) bond motifs is 1. The number of aliphatic imine (C=N–C) groups is 1. The van der Waals surface area contributed by atoms with Crippen LogP contribution in [-0.2, 0) is 11.8 Å². The lowest BCUT2D eigenvalue weighted by molar-refractivity contribution is 0.370. The van der Waals surface area contributed by atoms with E-state index in [0.29, 0.717) is 0 Å². The van der Waals surface area contributed by atoms with E-state index in [4.69, 9.17) is 16.8 Å². The first-order chi connectivity index (χ1) is 16.2. The molecule has 5 rings (SSSR count). The van der Waals surface area contributed by atoms with Crippen LogP contribution in [0.3, 0.4) is 0 Å². The van der Waals surface area contributed by atoms with Crippen molar-refractivity contribution in [2.45, 2.75) is 37.8 Å². The first-order valence-corrected chi connectivity index (χ1v) is 14.5. The predicted octanol–water partition coefficient (Wildman–Crippen LogP) is 6.21. The molecule has 1 N–H and O–H groups in total.